The predicted octanol–water partition coefficient (Wildman–Crippen LogP) is 2.29. The van der Waals surface area contributed by atoms with Crippen LogP contribution in [0.25, 0.3) is 0 Å². The Labute approximate surface area is 144 Å². The van der Waals surface area contributed by atoms with Crippen molar-refractivity contribution < 1.29 is 28.6 Å². The second kappa shape index (κ2) is 7.85. The van der Waals surface area contributed by atoms with Gasteiger partial charge < -0.3 is 23.9 Å². The average molecular weight is 345 g/mol. The van der Waals surface area contributed by atoms with Crippen LogP contribution < -0.4 is 4.74 Å². The van der Waals surface area contributed by atoms with Crippen molar-refractivity contribution in [1.82, 2.24) is 4.90 Å². The van der Waals surface area contributed by atoms with Gasteiger partial charge in [0.25, 0.3) is 5.91 Å². The molecule has 0 atom stereocenters. The summed E-state index contributed by atoms with van der Waals surface area (Å²) in [5, 5.41) is 8.83. The molecule has 0 aliphatic carbocycles. The summed E-state index contributed by atoms with van der Waals surface area (Å²) in [6, 6.07) is 10.8. The molecule has 132 valence electrons. The highest BCUT2D eigenvalue weighted by Crippen LogP contribution is 2.18. The molecule has 0 spiro atoms. The van der Waals surface area contributed by atoms with Gasteiger partial charge in [-0.2, -0.15) is 0 Å². The molecule has 25 heavy (non-hydrogen) atoms. The number of carboxylic acid groups (broad SMARTS) is 1. The zero-order chi connectivity index (χ0) is 17.6. The second-order valence-corrected chi connectivity index (χ2v) is 5.72. The number of para-hydroxylation sites is 1. The van der Waals surface area contributed by atoms with Gasteiger partial charge in [0.15, 0.2) is 5.76 Å². The molecule has 0 bridgehead atoms. The van der Waals surface area contributed by atoms with Gasteiger partial charge in [-0.3, -0.25) is 4.79 Å². The van der Waals surface area contributed by atoms with Gasteiger partial charge in [-0.05, 0) is 12.1 Å². The number of ether oxygens (including phenoxy) is 2. The standard InChI is InChI=1S/C18H19NO6/c20-17(16-9-13(12-25-16)18(21)22)19-10-15(11-19)24-8-4-7-23-14-5-2-1-3-6-14/h1-3,5-6,9,12,15H,4,7-8,10-11H2,(H,21,22). The fraction of sp³-hybridized carbons (Fsp3) is 0.333. The molecule has 1 aromatic heterocycles. The number of aromatic carboxylic acids is 1. The van der Waals surface area contributed by atoms with Crippen LogP contribution in [0.15, 0.2) is 47.1 Å². The maximum Gasteiger partial charge on any atom is 0.338 e. The van der Waals surface area contributed by atoms with Gasteiger partial charge in [0.1, 0.15) is 12.0 Å². The van der Waals surface area contributed by atoms with Crippen LogP contribution in [0.1, 0.15) is 27.3 Å². The first kappa shape index (κ1) is 17.0. The molecular formula is C18H19NO6. The molecule has 7 heteroatoms. The Hall–Kier alpha value is -2.80. The predicted molar refractivity (Wildman–Crippen MR) is 87.9 cm³/mol. The Morgan fingerprint density at radius 3 is 2.64 bits per heavy atom. The van der Waals surface area contributed by atoms with Crippen molar-refractivity contribution in [3.05, 3.63) is 54.0 Å². The van der Waals surface area contributed by atoms with Gasteiger partial charge >= 0.3 is 5.97 Å². The molecule has 1 aromatic carbocycles. The van der Waals surface area contributed by atoms with E-state index in [1.807, 2.05) is 30.3 Å². The van der Waals surface area contributed by atoms with Gasteiger partial charge in [-0.1, -0.05) is 18.2 Å². The smallest absolute Gasteiger partial charge is 0.338 e. The number of carboxylic acids is 1. The van der Waals surface area contributed by atoms with E-state index in [4.69, 9.17) is 19.0 Å². The van der Waals surface area contributed by atoms with Crippen molar-refractivity contribution in [3.8, 4) is 5.75 Å². The fourth-order valence-electron chi connectivity index (χ4n) is 2.44. The summed E-state index contributed by atoms with van der Waals surface area (Å²) >= 11 is 0. The maximum atomic E-state index is 12.1. The zero-order valence-electron chi connectivity index (χ0n) is 13.6. The number of likely N-dealkylation sites (tertiary alicyclic amines) is 1. The minimum absolute atomic E-state index is 0.00502. The maximum absolute atomic E-state index is 12.1. The highest BCUT2D eigenvalue weighted by molar-refractivity contribution is 5.95. The molecule has 0 radical (unpaired) electrons. The van der Waals surface area contributed by atoms with E-state index in [1.165, 1.54) is 6.07 Å². The number of carbonyl (C=O) groups excluding carboxylic acids is 1. The minimum Gasteiger partial charge on any atom is -0.494 e. The lowest BCUT2D eigenvalue weighted by molar-refractivity contribution is -0.0458. The van der Waals surface area contributed by atoms with Gasteiger partial charge in [-0.15, -0.1) is 0 Å². The Kier molecular flexibility index (Phi) is 5.35. The quantitative estimate of drug-likeness (QED) is 0.739. The van der Waals surface area contributed by atoms with Crippen LogP contribution in [-0.4, -0.2) is 54.3 Å². The third-order valence-electron chi connectivity index (χ3n) is 3.85. The van der Waals surface area contributed by atoms with E-state index in [-0.39, 0.29) is 23.3 Å². The molecule has 0 unspecified atom stereocenters. The summed E-state index contributed by atoms with van der Waals surface area (Å²) in [6.07, 6.45) is 1.82. The number of carbonyl (C=O) groups is 2. The highest BCUT2D eigenvalue weighted by atomic mass is 16.5. The van der Waals surface area contributed by atoms with E-state index < -0.39 is 5.97 Å². The number of furan rings is 1. The number of rotatable bonds is 8. The van der Waals surface area contributed by atoms with E-state index in [0.717, 1.165) is 18.4 Å². The van der Waals surface area contributed by atoms with Gasteiger partial charge in [-0.25, -0.2) is 4.79 Å². The van der Waals surface area contributed by atoms with Crippen molar-refractivity contribution in [2.75, 3.05) is 26.3 Å². The lowest BCUT2D eigenvalue weighted by Crippen LogP contribution is -2.54. The van der Waals surface area contributed by atoms with E-state index in [1.54, 1.807) is 4.90 Å². The Bertz CT molecular complexity index is 720. The van der Waals surface area contributed by atoms with Gasteiger partial charge in [0.2, 0.25) is 0 Å². The number of nitrogens with zero attached hydrogens (tertiary/aromatic N) is 1. The molecule has 2 heterocycles. The number of benzene rings is 1. The topological polar surface area (TPSA) is 89.2 Å². The normalized spacial score (nSPS) is 14.2. The number of hydrogen-bond acceptors (Lipinski definition) is 5. The summed E-state index contributed by atoms with van der Waals surface area (Å²) in [6.45, 7) is 2.08. The Morgan fingerprint density at radius 1 is 1.20 bits per heavy atom. The number of hydrogen-bond donors (Lipinski definition) is 1. The molecule has 3 rings (SSSR count). The SMILES string of the molecule is O=C(O)c1coc(C(=O)N2CC(OCCCOc3ccccc3)C2)c1. The first-order valence-corrected chi connectivity index (χ1v) is 8.04. The van der Waals surface area contributed by atoms with Crippen LogP contribution in [0.5, 0.6) is 5.75 Å². The van der Waals surface area contributed by atoms with Crippen LogP contribution >= 0.6 is 0 Å². The van der Waals surface area contributed by atoms with Crippen molar-refractivity contribution in [2.45, 2.75) is 12.5 Å². The average Bonchev–Trinajstić information content (AvgIpc) is 3.07. The summed E-state index contributed by atoms with van der Waals surface area (Å²) in [4.78, 5) is 24.5. The Morgan fingerprint density at radius 2 is 1.96 bits per heavy atom. The molecule has 1 aliphatic heterocycles. The fourth-order valence-corrected chi connectivity index (χ4v) is 2.44. The molecule has 7 nitrogen and oxygen atoms in total. The molecule has 0 saturated carbocycles. The van der Waals surface area contributed by atoms with Crippen molar-refractivity contribution >= 4 is 11.9 Å². The van der Waals surface area contributed by atoms with Gasteiger partial charge in [0, 0.05) is 25.6 Å². The first-order chi connectivity index (χ1) is 12.1. The third kappa shape index (κ3) is 4.39. The van der Waals surface area contributed by atoms with Crippen LogP contribution in [0, 0.1) is 0 Å². The highest BCUT2D eigenvalue weighted by Gasteiger charge is 2.33. The molecular weight excluding hydrogens is 326 g/mol. The van der Waals surface area contributed by atoms with Crippen molar-refractivity contribution in [2.24, 2.45) is 0 Å². The summed E-state index contributed by atoms with van der Waals surface area (Å²) in [5.41, 5.74) is -0.0323. The largest absolute Gasteiger partial charge is 0.494 e. The van der Waals surface area contributed by atoms with Gasteiger partial charge in [0.05, 0.1) is 24.9 Å². The van der Waals surface area contributed by atoms with Crippen LogP contribution in [-0.2, 0) is 4.74 Å². The molecule has 1 saturated heterocycles. The lowest BCUT2D eigenvalue weighted by atomic mass is 10.1. The van der Waals surface area contributed by atoms with Crippen LogP contribution in [0.3, 0.4) is 0 Å². The number of amides is 1. The third-order valence-corrected chi connectivity index (χ3v) is 3.85. The van der Waals surface area contributed by atoms with Crippen LogP contribution in [0.2, 0.25) is 0 Å². The van der Waals surface area contributed by atoms with E-state index in [0.29, 0.717) is 26.3 Å². The van der Waals surface area contributed by atoms with Crippen molar-refractivity contribution in [1.29, 1.82) is 0 Å². The Balaban J connectivity index is 1.31. The van der Waals surface area contributed by atoms with E-state index in [2.05, 4.69) is 0 Å². The molecule has 1 fully saturated rings. The lowest BCUT2D eigenvalue weighted by Gasteiger charge is -2.38. The summed E-state index contributed by atoms with van der Waals surface area (Å²) < 4.78 is 16.3. The second-order valence-electron chi connectivity index (χ2n) is 5.72. The summed E-state index contributed by atoms with van der Waals surface area (Å²) in [7, 11) is 0. The molecule has 2 aromatic rings. The van der Waals surface area contributed by atoms with Crippen LogP contribution in [0.4, 0.5) is 0 Å². The molecule has 1 amide bonds. The van der Waals surface area contributed by atoms with E-state index >= 15 is 0 Å². The van der Waals surface area contributed by atoms with E-state index in [9.17, 15) is 9.59 Å². The molecule has 1 aliphatic rings. The zero-order valence-corrected chi connectivity index (χ0v) is 13.6. The first-order valence-electron chi connectivity index (χ1n) is 8.04. The monoisotopic (exact) mass is 345 g/mol. The minimum atomic E-state index is -1.12. The molecule has 1 N–H and O–H groups in total. The summed E-state index contributed by atoms with van der Waals surface area (Å²) in [5.74, 6) is -0.570. The van der Waals surface area contributed by atoms with Crippen molar-refractivity contribution in [3.63, 3.8) is 0 Å².